The molecular formula is C25H24ClN3O2S. The Balaban J connectivity index is 1.76. The molecule has 0 aliphatic rings. The molecule has 1 N–H and O–H groups in total. The van der Waals surface area contributed by atoms with Crippen LogP contribution in [0.15, 0.2) is 53.6 Å². The highest BCUT2D eigenvalue weighted by atomic mass is 35.5. The number of hydrogen-bond donors (Lipinski definition) is 1. The molecule has 0 radical (unpaired) electrons. The van der Waals surface area contributed by atoms with Gasteiger partial charge in [0.1, 0.15) is 10.9 Å². The van der Waals surface area contributed by atoms with Crippen LogP contribution in [-0.2, 0) is 11.2 Å². The van der Waals surface area contributed by atoms with Crippen molar-refractivity contribution < 1.29 is 4.79 Å². The maximum Gasteiger partial charge on any atom is 0.263 e. The van der Waals surface area contributed by atoms with Gasteiger partial charge < -0.3 is 5.32 Å². The number of aryl methyl sites for hydroxylation is 3. The highest BCUT2D eigenvalue weighted by molar-refractivity contribution is 7.19. The zero-order valence-corrected chi connectivity index (χ0v) is 20.0. The summed E-state index contributed by atoms with van der Waals surface area (Å²) in [5.74, 6) is -0.253. The highest BCUT2D eigenvalue weighted by Gasteiger charge is 2.22. The van der Waals surface area contributed by atoms with Crippen LogP contribution in [0, 0.1) is 13.8 Å². The van der Waals surface area contributed by atoms with E-state index >= 15 is 0 Å². The molecule has 164 valence electrons. The topological polar surface area (TPSA) is 64.0 Å². The Hall–Kier alpha value is -2.96. The lowest BCUT2D eigenvalue weighted by atomic mass is 10.0. The lowest BCUT2D eigenvalue weighted by Crippen LogP contribution is -2.32. The van der Waals surface area contributed by atoms with Crippen molar-refractivity contribution in [1.29, 1.82) is 0 Å². The smallest absolute Gasteiger partial charge is 0.263 e. The molecule has 0 fully saturated rings. The van der Waals surface area contributed by atoms with Gasteiger partial charge in [0.2, 0.25) is 5.91 Å². The first kappa shape index (κ1) is 22.2. The number of amides is 1. The molecule has 32 heavy (non-hydrogen) atoms. The normalized spacial score (nSPS) is 12.2. The van der Waals surface area contributed by atoms with Gasteiger partial charge in [-0.05, 0) is 56.0 Å². The molecule has 0 bridgehead atoms. The van der Waals surface area contributed by atoms with Crippen LogP contribution >= 0.6 is 22.9 Å². The zero-order valence-electron chi connectivity index (χ0n) is 18.4. The van der Waals surface area contributed by atoms with Crippen LogP contribution in [0.4, 0.5) is 5.69 Å². The van der Waals surface area contributed by atoms with Crippen LogP contribution in [0.3, 0.4) is 0 Å². The Kier molecular flexibility index (Phi) is 6.17. The lowest BCUT2D eigenvalue weighted by molar-refractivity contribution is -0.118. The van der Waals surface area contributed by atoms with Gasteiger partial charge in [-0.25, -0.2) is 4.98 Å². The molecule has 0 aliphatic heterocycles. The Morgan fingerprint density at radius 2 is 1.91 bits per heavy atom. The third kappa shape index (κ3) is 3.96. The Morgan fingerprint density at radius 1 is 1.19 bits per heavy atom. The summed E-state index contributed by atoms with van der Waals surface area (Å²) in [5, 5.41) is 4.19. The number of hydrogen-bond acceptors (Lipinski definition) is 4. The first-order valence-electron chi connectivity index (χ1n) is 10.5. The molecule has 0 aliphatic carbocycles. The van der Waals surface area contributed by atoms with Crippen molar-refractivity contribution in [1.82, 2.24) is 9.55 Å². The molecule has 0 spiro atoms. The molecule has 5 nitrogen and oxygen atoms in total. The number of fused-ring (bicyclic) bond motifs is 1. The summed E-state index contributed by atoms with van der Waals surface area (Å²) in [4.78, 5) is 32.8. The minimum atomic E-state index is -0.720. The number of rotatable bonds is 5. The summed E-state index contributed by atoms with van der Waals surface area (Å²) in [6, 6.07) is 12.6. The minimum absolute atomic E-state index is 0.229. The van der Waals surface area contributed by atoms with E-state index in [-0.39, 0.29) is 11.5 Å². The van der Waals surface area contributed by atoms with Crippen LogP contribution in [0.5, 0.6) is 0 Å². The summed E-state index contributed by atoms with van der Waals surface area (Å²) >= 11 is 7.52. The van der Waals surface area contributed by atoms with E-state index in [0.29, 0.717) is 15.2 Å². The van der Waals surface area contributed by atoms with Gasteiger partial charge in [0.05, 0.1) is 11.7 Å². The first-order valence-corrected chi connectivity index (χ1v) is 11.7. The number of thiophene rings is 1. The van der Waals surface area contributed by atoms with E-state index in [1.54, 1.807) is 19.1 Å². The third-order valence-electron chi connectivity index (χ3n) is 5.73. The van der Waals surface area contributed by atoms with E-state index in [1.165, 1.54) is 22.2 Å². The number of carbonyl (C=O) groups is 1. The van der Waals surface area contributed by atoms with Crippen molar-refractivity contribution in [3.05, 3.63) is 80.2 Å². The highest BCUT2D eigenvalue weighted by Crippen LogP contribution is 2.36. The maximum absolute atomic E-state index is 13.5. The van der Waals surface area contributed by atoms with Crippen LogP contribution in [0.2, 0.25) is 5.02 Å². The first-order chi connectivity index (χ1) is 15.3. The number of halogens is 1. The van der Waals surface area contributed by atoms with Gasteiger partial charge in [-0.2, -0.15) is 0 Å². The molecule has 7 heteroatoms. The van der Waals surface area contributed by atoms with Gasteiger partial charge in [-0.3, -0.25) is 14.2 Å². The van der Waals surface area contributed by atoms with Crippen molar-refractivity contribution in [2.24, 2.45) is 0 Å². The molecule has 0 unspecified atom stereocenters. The summed E-state index contributed by atoms with van der Waals surface area (Å²) in [6.45, 7) is 7.70. The molecule has 2 aromatic heterocycles. The van der Waals surface area contributed by atoms with Gasteiger partial charge in [0.25, 0.3) is 5.56 Å². The second-order valence-electron chi connectivity index (χ2n) is 7.81. The molecule has 2 heterocycles. The van der Waals surface area contributed by atoms with Crippen molar-refractivity contribution in [3.8, 4) is 11.1 Å². The standard InChI is InChI=1S/C25H24ClN3O2S/c1-5-17-8-6-7-14(2)22(17)28-23(30)15(3)29-13-27-24-21(25(29)31)20(16(4)32-24)18-9-11-19(26)12-10-18/h6-13,15H,5H2,1-4H3,(H,28,30)/t15-/m1/s1. The predicted octanol–water partition coefficient (Wildman–Crippen LogP) is 6.16. The maximum atomic E-state index is 13.5. The largest absolute Gasteiger partial charge is 0.324 e. The fourth-order valence-electron chi connectivity index (χ4n) is 3.91. The molecule has 1 atom stereocenters. The summed E-state index contributed by atoms with van der Waals surface area (Å²) < 4.78 is 1.41. The van der Waals surface area contributed by atoms with E-state index in [2.05, 4.69) is 10.3 Å². The molecule has 2 aromatic carbocycles. The molecule has 1 amide bonds. The number of nitrogens with one attached hydrogen (secondary N) is 1. The Labute approximate surface area is 195 Å². The molecule has 4 aromatic rings. The average molecular weight is 466 g/mol. The lowest BCUT2D eigenvalue weighted by Gasteiger charge is -2.18. The summed E-state index contributed by atoms with van der Waals surface area (Å²) in [7, 11) is 0. The van der Waals surface area contributed by atoms with Gasteiger partial charge in [-0.1, -0.05) is 48.9 Å². The third-order valence-corrected chi connectivity index (χ3v) is 7.00. The van der Waals surface area contributed by atoms with Crippen molar-refractivity contribution >= 4 is 44.7 Å². The molecule has 0 saturated heterocycles. The molecule has 4 rings (SSSR count). The second kappa shape index (κ2) is 8.88. The van der Waals surface area contributed by atoms with E-state index in [9.17, 15) is 9.59 Å². The summed E-state index contributed by atoms with van der Waals surface area (Å²) in [6.07, 6.45) is 2.27. The average Bonchev–Trinajstić information content (AvgIpc) is 3.12. The van der Waals surface area contributed by atoms with E-state index < -0.39 is 6.04 Å². The summed E-state index contributed by atoms with van der Waals surface area (Å²) in [5.41, 5.74) is 4.37. The molecular weight excluding hydrogens is 442 g/mol. The van der Waals surface area contributed by atoms with Gasteiger partial charge in [-0.15, -0.1) is 11.3 Å². The van der Waals surface area contributed by atoms with Crippen LogP contribution in [0.25, 0.3) is 21.3 Å². The van der Waals surface area contributed by atoms with Gasteiger partial charge in [0, 0.05) is 21.2 Å². The SMILES string of the molecule is CCc1cccc(C)c1NC(=O)[C@@H](C)n1cnc2sc(C)c(-c3ccc(Cl)cc3)c2c1=O. The number of benzene rings is 2. The number of anilines is 1. The van der Waals surface area contributed by atoms with Crippen LogP contribution < -0.4 is 10.9 Å². The van der Waals surface area contributed by atoms with Gasteiger partial charge in [0.15, 0.2) is 0 Å². The van der Waals surface area contributed by atoms with E-state index in [4.69, 9.17) is 11.6 Å². The van der Waals surface area contributed by atoms with Gasteiger partial charge >= 0.3 is 0 Å². The van der Waals surface area contributed by atoms with Crippen molar-refractivity contribution in [3.63, 3.8) is 0 Å². The fraction of sp³-hybridized carbons (Fsp3) is 0.240. The van der Waals surface area contributed by atoms with E-state index in [1.807, 2.05) is 51.1 Å². The quantitative estimate of drug-likeness (QED) is 0.384. The fourth-order valence-corrected chi connectivity index (χ4v) is 5.04. The van der Waals surface area contributed by atoms with Crippen LogP contribution in [0.1, 0.15) is 35.9 Å². The second-order valence-corrected chi connectivity index (χ2v) is 9.44. The minimum Gasteiger partial charge on any atom is -0.324 e. The monoisotopic (exact) mass is 465 g/mol. The molecule has 0 saturated carbocycles. The van der Waals surface area contributed by atoms with Crippen molar-refractivity contribution in [2.75, 3.05) is 5.32 Å². The number of nitrogens with zero attached hydrogens (tertiary/aromatic N) is 2. The number of carbonyl (C=O) groups excluding carboxylic acids is 1. The Morgan fingerprint density at radius 3 is 2.59 bits per heavy atom. The number of para-hydroxylation sites is 1. The Bertz CT molecular complexity index is 1370. The number of aromatic nitrogens is 2. The zero-order chi connectivity index (χ0) is 23.0. The van der Waals surface area contributed by atoms with Crippen molar-refractivity contribution in [2.45, 2.75) is 40.2 Å². The van der Waals surface area contributed by atoms with E-state index in [0.717, 1.165) is 39.2 Å². The van der Waals surface area contributed by atoms with Crippen LogP contribution in [-0.4, -0.2) is 15.5 Å². The predicted molar refractivity (Wildman–Crippen MR) is 133 cm³/mol.